The van der Waals surface area contributed by atoms with Gasteiger partial charge < -0.3 is 9.64 Å². The standard InChI is InChI=1S/C23H27F3N8O/c24-23(25,26)18-13-27-22(28-14-18)33-11-9-32(10-12-33)19-3-1-17(2-4-19)15-35-21-7-5-20(6-8-21)34-16-29-30-31-34/h5-8,13-14,16-17,19H,1-4,9-12,15H2/t17-,19-. The lowest BCUT2D eigenvalue weighted by atomic mass is 9.85. The van der Waals surface area contributed by atoms with E-state index in [1.54, 1.807) is 11.0 Å². The maximum absolute atomic E-state index is 12.7. The monoisotopic (exact) mass is 488 g/mol. The predicted octanol–water partition coefficient (Wildman–Crippen LogP) is 3.23. The van der Waals surface area contributed by atoms with Crippen LogP contribution in [0.1, 0.15) is 31.2 Å². The molecule has 9 nitrogen and oxygen atoms in total. The van der Waals surface area contributed by atoms with Crippen molar-refractivity contribution < 1.29 is 17.9 Å². The van der Waals surface area contributed by atoms with Crippen LogP contribution < -0.4 is 9.64 Å². The number of benzene rings is 1. The van der Waals surface area contributed by atoms with Gasteiger partial charge in [-0.2, -0.15) is 13.2 Å². The minimum atomic E-state index is -4.41. The maximum Gasteiger partial charge on any atom is 0.419 e. The summed E-state index contributed by atoms with van der Waals surface area (Å²) in [6.07, 6.45) is 3.36. The molecule has 35 heavy (non-hydrogen) atoms. The van der Waals surface area contributed by atoms with Crippen molar-refractivity contribution in [3.63, 3.8) is 0 Å². The summed E-state index contributed by atoms with van der Waals surface area (Å²) < 4.78 is 45.8. The summed E-state index contributed by atoms with van der Waals surface area (Å²) in [5.74, 6) is 1.74. The highest BCUT2D eigenvalue weighted by atomic mass is 19.4. The second-order valence-corrected chi connectivity index (χ2v) is 9.03. The molecule has 5 rings (SSSR count). The Hall–Kier alpha value is -3.28. The topological polar surface area (TPSA) is 85.1 Å². The number of halogens is 3. The van der Waals surface area contributed by atoms with Crippen LogP contribution in [0, 0.1) is 5.92 Å². The minimum absolute atomic E-state index is 0.365. The first-order chi connectivity index (χ1) is 17.0. The molecule has 0 amide bonds. The van der Waals surface area contributed by atoms with Crippen molar-refractivity contribution in [1.29, 1.82) is 0 Å². The molecule has 0 bridgehead atoms. The molecule has 0 spiro atoms. The Morgan fingerprint density at radius 3 is 2.20 bits per heavy atom. The number of aromatic nitrogens is 6. The van der Waals surface area contributed by atoms with Crippen molar-refractivity contribution in [2.75, 3.05) is 37.7 Å². The summed E-state index contributed by atoms with van der Waals surface area (Å²) in [5.41, 5.74) is 0.0646. The third-order valence-corrected chi connectivity index (χ3v) is 6.83. The average molecular weight is 489 g/mol. The number of alkyl halides is 3. The number of piperazine rings is 1. The third kappa shape index (κ3) is 5.69. The third-order valence-electron chi connectivity index (χ3n) is 6.83. The second-order valence-electron chi connectivity index (χ2n) is 9.03. The first-order valence-corrected chi connectivity index (χ1v) is 11.8. The van der Waals surface area contributed by atoms with Crippen LogP contribution in [-0.2, 0) is 6.18 Å². The molecule has 0 radical (unpaired) electrons. The fourth-order valence-electron chi connectivity index (χ4n) is 4.78. The molecule has 1 saturated carbocycles. The lowest BCUT2D eigenvalue weighted by molar-refractivity contribution is -0.138. The van der Waals surface area contributed by atoms with Crippen molar-refractivity contribution in [2.45, 2.75) is 37.9 Å². The molecule has 186 valence electrons. The van der Waals surface area contributed by atoms with Crippen LogP contribution >= 0.6 is 0 Å². The molecule has 1 aliphatic heterocycles. The van der Waals surface area contributed by atoms with E-state index in [9.17, 15) is 13.2 Å². The molecule has 0 N–H and O–H groups in total. The Morgan fingerprint density at radius 1 is 0.914 bits per heavy atom. The highest BCUT2D eigenvalue weighted by molar-refractivity contribution is 5.36. The van der Waals surface area contributed by atoms with Crippen LogP contribution in [0.3, 0.4) is 0 Å². The van der Waals surface area contributed by atoms with E-state index in [4.69, 9.17) is 4.74 Å². The van der Waals surface area contributed by atoms with Crippen LogP contribution in [0.4, 0.5) is 19.1 Å². The van der Waals surface area contributed by atoms with E-state index in [0.717, 1.165) is 75.7 Å². The summed E-state index contributed by atoms with van der Waals surface area (Å²) in [5, 5.41) is 11.2. The Morgan fingerprint density at radius 2 is 1.60 bits per heavy atom. The smallest absolute Gasteiger partial charge is 0.419 e. The van der Waals surface area contributed by atoms with Gasteiger partial charge in [0.05, 0.1) is 17.9 Å². The molecule has 1 aliphatic carbocycles. The van der Waals surface area contributed by atoms with E-state index in [1.807, 2.05) is 29.2 Å². The zero-order valence-electron chi connectivity index (χ0n) is 19.2. The number of anilines is 1. The molecule has 12 heteroatoms. The first-order valence-electron chi connectivity index (χ1n) is 11.8. The average Bonchev–Trinajstić information content (AvgIpc) is 3.43. The minimum Gasteiger partial charge on any atom is -0.493 e. The molecular weight excluding hydrogens is 461 g/mol. The Balaban J connectivity index is 1.04. The van der Waals surface area contributed by atoms with E-state index in [1.165, 1.54) is 0 Å². The summed E-state index contributed by atoms with van der Waals surface area (Å²) in [6.45, 7) is 3.87. The largest absolute Gasteiger partial charge is 0.493 e. The van der Waals surface area contributed by atoms with Gasteiger partial charge in [0.2, 0.25) is 5.95 Å². The molecule has 3 heterocycles. The quantitative estimate of drug-likeness (QED) is 0.523. The Bertz CT molecular complexity index is 1060. The molecule has 2 fully saturated rings. The van der Waals surface area contributed by atoms with Gasteiger partial charge in [0, 0.05) is 44.6 Å². The summed E-state index contributed by atoms with van der Waals surface area (Å²) in [4.78, 5) is 12.3. The Kier molecular flexibility index (Phi) is 6.80. The van der Waals surface area contributed by atoms with Crippen LogP contribution in [0.25, 0.3) is 5.69 Å². The molecule has 0 unspecified atom stereocenters. The lowest BCUT2D eigenvalue weighted by Gasteiger charge is -2.42. The van der Waals surface area contributed by atoms with Crippen molar-refractivity contribution in [3.8, 4) is 11.4 Å². The molecular formula is C23H27F3N8O. The highest BCUT2D eigenvalue weighted by Gasteiger charge is 2.32. The van der Waals surface area contributed by atoms with Gasteiger partial charge in [0.15, 0.2) is 0 Å². The zero-order chi connectivity index (χ0) is 24.3. The molecule has 0 atom stereocenters. The van der Waals surface area contributed by atoms with Gasteiger partial charge in [0.1, 0.15) is 12.1 Å². The number of nitrogens with zero attached hydrogens (tertiary/aromatic N) is 8. The number of rotatable bonds is 6. The SMILES string of the molecule is FC(F)(F)c1cnc(N2CCN([C@H]3CC[C@H](COc4ccc(-n5cnnn5)cc4)CC3)CC2)nc1. The summed E-state index contributed by atoms with van der Waals surface area (Å²) >= 11 is 0. The van der Waals surface area contributed by atoms with Gasteiger partial charge in [-0.1, -0.05) is 0 Å². The van der Waals surface area contributed by atoms with Gasteiger partial charge in [-0.05, 0) is 66.3 Å². The number of tetrazole rings is 1. The Labute approximate surface area is 200 Å². The van der Waals surface area contributed by atoms with Crippen LogP contribution in [0.2, 0.25) is 0 Å². The van der Waals surface area contributed by atoms with E-state index >= 15 is 0 Å². The lowest BCUT2D eigenvalue weighted by Crippen LogP contribution is -2.51. The normalized spacial score (nSPS) is 21.7. The molecule has 2 aromatic heterocycles. The predicted molar refractivity (Wildman–Crippen MR) is 121 cm³/mol. The second kappa shape index (κ2) is 10.1. The highest BCUT2D eigenvalue weighted by Crippen LogP contribution is 2.30. The summed E-state index contributed by atoms with van der Waals surface area (Å²) in [6, 6.07) is 8.26. The van der Waals surface area contributed by atoms with E-state index in [0.29, 0.717) is 24.5 Å². The number of ether oxygens (including phenoxy) is 1. The van der Waals surface area contributed by atoms with Crippen LogP contribution in [0.5, 0.6) is 5.75 Å². The van der Waals surface area contributed by atoms with Crippen LogP contribution in [-0.4, -0.2) is 73.9 Å². The fourth-order valence-corrected chi connectivity index (χ4v) is 4.78. The van der Waals surface area contributed by atoms with E-state index in [2.05, 4.69) is 30.4 Å². The summed E-state index contributed by atoms with van der Waals surface area (Å²) in [7, 11) is 0. The molecule has 3 aromatic rings. The van der Waals surface area contributed by atoms with Crippen LogP contribution in [0.15, 0.2) is 43.0 Å². The van der Waals surface area contributed by atoms with Crippen molar-refractivity contribution in [3.05, 3.63) is 48.5 Å². The van der Waals surface area contributed by atoms with Gasteiger partial charge in [0.25, 0.3) is 0 Å². The first kappa shape index (κ1) is 23.5. The van der Waals surface area contributed by atoms with Gasteiger partial charge in [-0.3, -0.25) is 4.90 Å². The molecule has 1 saturated heterocycles. The number of hydrogen-bond acceptors (Lipinski definition) is 8. The fraction of sp³-hybridized carbons (Fsp3) is 0.522. The zero-order valence-corrected chi connectivity index (χ0v) is 19.2. The van der Waals surface area contributed by atoms with Crippen molar-refractivity contribution in [1.82, 2.24) is 35.1 Å². The molecule has 1 aromatic carbocycles. The van der Waals surface area contributed by atoms with E-state index in [-0.39, 0.29) is 0 Å². The van der Waals surface area contributed by atoms with E-state index < -0.39 is 11.7 Å². The van der Waals surface area contributed by atoms with Crippen molar-refractivity contribution >= 4 is 5.95 Å². The van der Waals surface area contributed by atoms with Gasteiger partial charge in [-0.25, -0.2) is 14.6 Å². The van der Waals surface area contributed by atoms with Gasteiger partial charge in [-0.15, -0.1) is 5.10 Å². The maximum atomic E-state index is 12.7. The van der Waals surface area contributed by atoms with Crippen molar-refractivity contribution in [2.24, 2.45) is 5.92 Å². The molecule has 2 aliphatic rings. The number of hydrogen-bond donors (Lipinski definition) is 0. The van der Waals surface area contributed by atoms with Gasteiger partial charge >= 0.3 is 6.18 Å².